The molecule has 0 radical (unpaired) electrons. The summed E-state index contributed by atoms with van der Waals surface area (Å²) in [6.45, 7) is 4.24. The van der Waals surface area contributed by atoms with Crippen molar-refractivity contribution in [2.45, 2.75) is 32.6 Å². The van der Waals surface area contributed by atoms with Gasteiger partial charge in [-0.3, -0.25) is 9.59 Å². The van der Waals surface area contributed by atoms with Gasteiger partial charge >= 0.3 is 12.1 Å². The molecule has 2 amide bonds. The second kappa shape index (κ2) is 11.0. The first-order chi connectivity index (χ1) is 15.8. The van der Waals surface area contributed by atoms with Crippen LogP contribution in [0.2, 0.25) is 0 Å². The minimum absolute atomic E-state index is 0.0181. The molecule has 33 heavy (non-hydrogen) atoms. The van der Waals surface area contributed by atoms with Crippen LogP contribution in [-0.4, -0.2) is 54.7 Å². The average Bonchev–Trinajstić information content (AvgIpc) is 3.13. The van der Waals surface area contributed by atoms with Crippen LogP contribution < -0.4 is 5.32 Å². The first-order valence-electron chi connectivity index (χ1n) is 11.4. The number of aliphatic carboxylic acids is 1. The molecule has 1 aliphatic carbocycles. The molecule has 0 fully saturated rings. The molecule has 0 aromatic heterocycles. The third-order valence-electron chi connectivity index (χ3n) is 6.19. The number of carbonyl (C=O) groups excluding carboxylic acids is 2. The van der Waals surface area contributed by atoms with Crippen LogP contribution in [-0.2, 0) is 14.3 Å². The van der Waals surface area contributed by atoms with E-state index in [0.29, 0.717) is 19.4 Å². The van der Waals surface area contributed by atoms with E-state index < -0.39 is 18.0 Å². The van der Waals surface area contributed by atoms with Gasteiger partial charge in [0.15, 0.2) is 0 Å². The molecule has 0 bridgehead atoms. The van der Waals surface area contributed by atoms with Crippen LogP contribution in [0.1, 0.15) is 43.7 Å². The maximum absolute atomic E-state index is 12.4. The molecular formula is C26H32N2O5. The van der Waals surface area contributed by atoms with Crippen LogP contribution in [0.3, 0.4) is 0 Å². The maximum atomic E-state index is 12.4. The van der Waals surface area contributed by atoms with Gasteiger partial charge < -0.3 is 20.1 Å². The molecule has 176 valence electrons. The number of carbonyl (C=O) groups is 3. The monoisotopic (exact) mass is 452 g/mol. The Bertz CT molecular complexity index is 960. The quantitative estimate of drug-likeness (QED) is 0.529. The van der Waals surface area contributed by atoms with Crippen LogP contribution >= 0.6 is 0 Å². The Kier molecular flexibility index (Phi) is 8.09. The number of nitrogens with one attached hydrogen (secondary N) is 1. The number of carboxylic acids is 1. The molecule has 1 aliphatic rings. The van der Waals surface area contributed by atoms with E-state index in [0.717, 1.165) is 0 Å². The largest absolute Gasteiger partial charge is 0.481 e. The first-order valence-corrected chi connectivity index (χ1v) is 11.4. The predicted octanol–water partition coefficient (Wildman–Crippen LogP) is 4.12. The summed E-state index contributed by atoms with van der Waals surface area (Å²) in [5.74, 6) is -1.86. The van der Waals surface area contributed by atoms with Crippen molar-refractivity contribution in [3.63, 3.8) is 0 Å². The molecule has 2 unspecified atom stereocenters. The van der Waals surface area contributed by atoms with Gasteiger partial charge in [-0.2, -0.15) is 0 Å². The summed E-state index contributed by atoms with van der Waals surface area (Å²) in [6, 6.07) is 16.4. The maximum Gasteiger partial charge on any atom is 0.407 e. The summed E-state index contributed by atoms with van der Waals surface area (Å²) in [5.41, 5.74) is 4.70. The Labute approximate surface area is 194 Å². The molecule has 7 heteroatoms. The fourth-order valence-corrected chi connectivity index (χ4v) is 4.33. The van der Waals surface area contributed by atoms with E-state index in [1.165, 1.54) is 27.2 Å². The van der Waals surface area contributed by atoms with Gasteiger partial charge in [-0.05, 0) is 35.1 Å². The summed E-state index contributed by atoms with van der Waals surface area (Å²) in [4.78, 5) is 37.1. The lowest BCUT2D eigenvalue weighted by atomic mass is 9.98. The zero-order valence-corrected chi connectivity index (χ0v) is 19.4. The molecule has 0 aliphatic heterocycles. The summed E-state index contributed by atoms with van der Waals surface area (Å²) in [7, 11) is 1.62. The number of hydrogen-bond acceptors (Lipinski definition) is 4. The lowest BCUT2D eigenvalue weighted by molar-refractivity contribution is -0.143. The van der Waals surface area contributed by atoms with Crippen molar-refractivity contribution in [2.75, 3.05) is 26.7 Å². The Hall–Kier alpha value is -3.35. The smallest absolute Gasteiger partial charge is 0.407 e. The van der Waals surface area contributed by atoms with Crippen LogP contribution in [0.5, 0.6) is 0 Å². The first kappa shape index (κ1) is 24.3. The third kappa shape index (κ3) is 5.92. The third-order valence-corrected chi connectivity index (χ3v) is 6.19. The van der Waals surface area contributed by atoms with Gasteiger partial charge in [-0.15, -0.1) is 0 Å². The van der Waals surface area contributed by atoms with Crippen molar-refractivity contribution in [2.24, 2.45) is 11.8 Å². The summed E-state index contributed by atoms with van der Waals surface area (Å²) < 4.78 is 5.52. The highest BCUT2D eigenvalue weighted by Gasteiger charge is 2.29. The normalized spacial score (nSPS) is 14.0. The van der Waals surface area contributed by atoms with Gasteiger partial charge in [-0.25, -0.2) is 4.79 Å². The molecule has 7 nitrogen and oxygen atoms in total. The lowest BCUT2D eigenvalue weighted by Crippen LogP contribution is -2.37. The van der Waals surface area contributed by atoms with Crippen molar-refractivity contribution in [1.29, 1.82) is 0 Å². The molecule has 0 spiro atoms. The van der Waals surface area contributed by atoms with Crippen molar-refractivity contribution < 1.29 is 24.2 Å². The number of hydrogen-bond donors (Lipinski definition) is 2. The molecule has 3 rings (SSSR count). The highest BCUT2D eigenvalue weighted by molar-refractivity contribution is 5.80. The van der Waals surface area contributed by atoms with E-state index in [4.69, 9.17) is 9.84 Å². The van der Waals surface area contributed by atoms with E-state index >= 15 is 0 Å². The Morgan fingerprint density at radius 3 is 2.15 bits per heavy atom. The van der Waals surface area contributed by atoms with E-state index in [1.807, 2.05) is 31.2 Å². The molecule has 0 heterocycles. The van der Waals surface area contributed by atoms with Gasteiger partial charge in [0.05, 0.1) is 5.92 Å². The minimum Gasteiger partial charge on any atom is -0.481 e. The van der Waals surface area contributed by atoms with E-state index in [9.17, 15) is 14.4 Å². The molecule has 2 aromatic carbocycles. The molecule has 0 saturated heterocycles. The zero-order chi connectivity index (χ0) is 24.0. The molecule has 2 aromatic rings. The topological polar surface area (TPSA) is 95.9 Å². The van der Waals surface area contributed by atoms with Crippen molar-refractivity contribution in [3.8, 4) is 11.1 Å². The molecule has 2 atom stereocenters. The molecular weight excluding hydrogens is 420 g/mol. The SMILES string of the molecule is CC(CN(C)C(=O)C(C)CCCNC(=O)OCC1c2ccccc2-c2ccccc21)C(=O)O. The second-order valence-corrected chi connectivity index (χ2v) is 8.75. The zero-order valence-electron chi connectivity index (χ0n) is 19.4. The Morgan fingerprint density at radius 2 is 1.58 bits per heavy atom. The van der Waals surface area contributed by atoms with Crippen molar-refractivity contribution >= 4 is 18.0 Å². The van der Waals surface area contributed by atoms with Crippen LogP contribution in [0, 0.1) is 11.8 Å². The highest BCUT2D eigenvalue weighted by Crippen LogP contribution is 2.44. The number of fused-ring (bicyclic) bond motifs is 3. The highest BCUT2D eigenvalue weighted by atomic mass is 16.5. The number of amides is 2. The van der Waals surface area contributed by atoms with Crippen LogP contribution in [0.25, 0.3) is 11.1 Å². The van der Waals surface area contributed by atoms with Gasteiger partial charge in [0.1, 0.15) is 6.61 Å². The fraction of sp³-hybridized carbons (Fsp3) is 0.423. The van der Waals surface area contributed by atoms with Crippen LogP contribution in [0.4, 0.5) is 4.79 Å². The predicted molar refractivity (Wildman–Crippen MR) is 126 cm³/mol. The van der Waals surface area contributed by atoms with Gasteiger partial charge in [0.25, 0.3) is 0 Å². The van der Waals surface area contributed by atoms with Gasteiger partial charge in [-0.1, -0.05) is 62.4 Å². The van der Waals surface area contributed by atoms with E-state index in [1.54, 1.807) is 14.0 Å². The standard InChI is InChI=1S/C26H32N2O5/c1-17(24(29)28(3)15-18(2)25(30)31)9-8-14-27-26(32)33-16-23-21-12-6-4-10-19(21)20-11-5-7-13-22(20)23/h4-7,10-13,17-18,23H,8-9,14-16H2,1-3H3,(H,27,32)(H,30,31). The van der Waals surface area contributed by atoms with E-state index in [-0.39, 0.29) is 30.9 Å². The second-order valence-electron chi connectivity index (χ2n) is 8.75. The summed E-state index contributed by atoms with van der Waals surface area (Å²) in [5, 5.41) is 11.8. The van der Waals surface area contributed by atoms with Crippen molar-refractivity contribution in [1.82, 2.24) is 10.2 Å². The fourth-order valence-electron chi connectivity index (χ4n) is 4.33. The summed E-state index contributed by atoms with van der Waals surface area (Å²) >= 11 is 0. The molecule has 0 saturated carbocycles. The minimum atomic E-state index is -0.922. The van der Waals surface area contributed by atoms with Gasteiger partial charge in [0, 0.05) is 32.0 Å². The van der Waals surface area contributed by atoms with Crippen molar-refractivity contribution in [3.05, 3.63) is 59.7 Å². The number of benzene rings is 2. The Balaban J connectivity index is 1.41. The Morgan fingerprint density at radius 1 is 1.00 bits per heavy atom. The average molecular weight is 453 g/mol. The number of alkyl carbamates (subject to hydrolysis) is 1. The van der Waals surface area contributed by atoms with E-state index in [2.05, 4.69) is 29.6 Å². The summed E-state index contributed by atoms with van der Waals surface area (Å²) in [6.07, 6.45) is 0.747. The number of rotatable bonds is 10. The van der Waals surface area contributed by atoms with Gasteiger partial charge in [0.2, 0.25) is 5.91 Å². The number of carboxylic acid groups (broad SMARTS) is 1. The lowest BCUT2D eigenvalue weighted by Gasteiger charge is -2.23. The van der Waals surface area contributed by atoms with Crippen LogP contribution in [0.15, 0.2) is 48.5 Å². The molecule has 2 N–H and O–H groups in total. The number of ether oxygens (including phenoxy) is 1. The number of nitrogens with zero attached hydrogens (tertiary/aromatic N) is 1.